The third kappa shape index (κ3) is 3.77. The summed E-state index contributed by atoms with van der Waals surface area (Å²) in [4.78, 5) is 31.8. The highest BCUT2D eigenvalue weighted by atomic mass is 16.6. The summed E-state index contributed by atoms with van der Waals surface area (Å²) < 4.78 is 0.864. The van der Waals surface area contributed by atoms with Crippen molar-refractivity contribution in [3.63, 3.8) is 0 Å². The molecule has 100 valence electrons. The van der Waals surface area contributed by atoms with Gasteiger partial charge in [-0.1, -0.05) is 0 Å². The zero-order chi connectivity index (χ0) is 14.4. The average molecular weight is 267 g/mol. The minimum absolute atomic E-state index is 0.130. The zero-order valence-corrected chi connectivity index (χ0v) is 9.57. The molecule has 10 nitrogen and oxygen atoms in total. The Labute approximate surface area is 106 Å². The predicted octanol–water partition coefficient (Wildman–Crippen LogP) is -0.481. The van der Waals surface area contributed by atoms with E-state index in [1.807, 2.05) is 6.07 Å². The largest absolute Gasteiger partial charge is 0.476 e. The van der Waals surface area contributed by atoms with E-state index >= 15 is 0 Å². The van der Waals surface area contributed by atoms with Crippen molar-refractivity contribution in [3.05, 3.63) is 22.0 Å². The van der Waals surface area contributed by atoms with Crippen molar-refractivity contribution in [1.29, 1.82) is 5.26 Å². The fraction of sp³-hybridized carbons (Fsp3) is 0.333. The van der Waals surface area contributed by atoms with Crippen LogP contribution in [0.3, 0.4) is 0 Å². The summed E-state index contributed by atoms with van der Waals surface area (Å²) in [5, 5.41) is 33.4. The van der Waals surface area contributed by atoms with E-state index in [-0.39, 0.29) is 19.5 Å². The van der Waals surface area contributed by atoms with Crippen LogP contribution in [0.4, 0.5) is 5.69 Å². The van der Waals surface area contributed by atoms with Crippen LogP contribution in [0.5, 0.6) is 0 Å². The van der Waals surface area contributed by atoms with Crippen molar-refractivity contribution in [2.75, 3.05) is 6.54 Å². The third-order valence-electron chi connectivity index (χ3n) is 2.01. The van der Waals surface area contributed by atoms with E-state index in [1.54, 1.807) is 0 Å². The highest BCUT2D eigenvalue weighted by Crippen LogP contribution is 2.16. The summed E-state index contributed by atoms with van der Waals surface area (Å²) in [5.41, 5.74) is -1.41. The fourth-order valence-corrected chi connectivity index (χ4v) is 1.24. The monoisotopic (exact) mass is 267 g/mol. The molecule has 1 aromatic rings. The molecule has 1 heterocycles. The first-order chi connectivity index (χ1) is 8.95. The maximum Gasteiger partial charge on any atom is 0.363 e. The SMILES string of the molecule is N#CCCNC(=O)Cn1cc([N+](=O)[O-])c(C(=O)O)n1. The molecular weight excluding hydrogens is 258 g/mol. The van der Waals surface area contributed by atoms with Gasteiger partial charge in [0.2, 0.25) is 11.6 Å². The number of carbonyl (C=O) groups excluding carboxylic acids is 1. The van der Waals surface area contributed by atoms with Crippen molar-refractivity contribution in [2.24, 2.45) is 0 Å². The van der Waals surface area contributed by atoms with Crippen molar-refractivity contribution in [1.82, 2.24) is 15.1 Å². The van der Waals surface area contributed by atoms with Crippen LogP contribution in [-0.2, 0) is 11.3 Å². The topological polar surface area (TPSA) is 151 Å². The number of hydrogen-bond donors (Lipinski definition) is 2. The lowest BCUT2D eigenvalue weighted by molar-refractivity contribution is -0.385. The minimum atomic E-state index is -1.55. The number of amides is 1. The lowest BCUT2D eigenvalue weighted by Crippen LogP contribution is -2.28. The van der Waals surface area contributed by atoms with Crippen LogP contribution in [0.2, 0.25) is 0 Å². The van der Waals surface area contributed by atoms with Gasteiger partial charge in [-0.2, -0.15) is 10.4 Å². The van der Waals surface area contributed by atoms with Crippen LogP contribution in [0, 0.1) is 21.4 Å². The van der Waals surface area contributed by atoms with Crippen molar-refractivity contribution < 1.29 is 19.6 Å². The van der Waals surface area contributed by atoms with Crippen LogP contribution < -0.4 is 5.32 Å². The zero-order valence-electron chi connectivity index (χ0n) is 9.57. The molecule has 1 amide bonds. The van der Waals surface area contributed by atoms with Gasteiger partial charge < -0.3 is 10.4 Å². The Hall–Kier alpha value is -2.96. The van der Waals surface area contributed by atoms with Gasteiger partial charge in [-0.15, -0.1) is 0 Å². The van der Waals surface area contributed by atoms with E-state index in [0.29, 0.717) is 0 Å². The van der Waals surface area contributed by atoms with Gasteiger partial charge in [0.15, 0.2) is 0 Å². The third-order valence-corrected chi connectivity index (χ3v) is 2.01. The average Bonchev–Trinajstić information content (AvgIpc) is 2.73. The Morgan fingerprint density at radius 1 is 1.63 bits per heavy atom. The molecule has 0 aliphatic rings. The van der Waals surface area contributed by atoms with Gasteiger partial charge in [0.25, 0.3) is 0 Å². The van der Waals surface area contributed by atoms with Crippen LogP contribution in [0.15, 0.2) is 6.20 Å². The number of carboxylic acids is 1. The highest BCUT2D eigenvalue weighted by Gasteiger charge is 2.25. The maximum absolute atomic E-state index is 11.3. The molecule has 1 aromatic heterocycles. The van der Waals surface area contributed by atoms with Crippen LogP contribution in [0.25, 0.3) is 0 Å². The molecule has 10 heteroatoms. The van der Waals surface area contributed by atoms with Crippen LogP contribution in [0.1, 0.15) is 16.9 Å². The summed E-state index contributed by atoms with van der Waals surface area (Å²) in [6.07, 6.45) is 0.999. The normalized spacial score (nSPS) is 9.63. The summed E-state index contributed by atoms with van der Waals surface area (Å²) in [7, 11) is 0. The number of nitro groups is 1. The fourth-order valence-electron chi connectivity index (χ4n) is 1.24. The van der Waals surface area contributed by atoms with Gasteiger partial charge in [-0.05, 0) is 0 Å². The summed E-state index contributed by atoms with van der Waals surface area (Å²) in [5.74, 6) is -2.07. The van der Waals surface area contributed by atoms with Crippen LogP contribution in [-0.4, -0.2) is 38.2 Å². The summed E-state index contributed by atoms with van der Waals surface area (Å²) in [6, 6.07) is 1.83. The number of nitrogens with zero attached hydrogens (tertiary/aromatic N) is 4. The number of nitrogens with one attached hydrogen (secondary N) is 1. The van der Waals surface area contributed by atoms with Crippen molar-refractivity contribution in [2.45, 2.75) is 13.0 Å². The second-order valence-electron chi connectivity index (χ2n) is 3.38. The van der Waals surface area contributed by atoms with Gasteiger partial charge in [0.1, 0.15) is 12.7 Å². The molecule has 2 N–H and O–H groups in total. The molecule has 0 bridgehead atoms. The molecule has 1 rings (SSSR count). The molecule has 0 unspecified atom stereocenters. The molecule has 0 spiro atoms. The second-order valence-corrected chi connectivity index (χ2v) is 3.38. The number of carbonyl (C=O) groups is 2. The quantitative estimate of drug-likeness (QED) is 0.401. The summed E-state index contributed by atoms with van der Waals surface area (Å²) in [6.45, 7) is -0.218. The molecule has 0 saturated carbocycles. The van der Waals surface area contributed by atoms with Gasteiger partial charge in [0, 0.05) is 6.54 Å². The summed E-state index contributed by atoms with van der Waals surface area (Å²) >= 11 is 0. The molecule has 0 saturated heterocycles. The van der Waals surface area contributed by atoms with E-state index in [0.717, 1.165) is 10.9 Å². The predicted molar refractivity (Wildman–Crippen MR) is 59.1 cm³/mol. The van der Waals surface area contributed by atoms with Crippen molar-refractivity contribution >= 4 is 17.6 Å². The van der Waals surface area contributed by atoms with E-state index in [1.165, 1.54) is 0 Å². The van der Waals surface area contributed by atoms with E-state index in [4.69, 9.17) is 10.4 Å². The number of rotatable bonds is 6. The van der Waals surface area contributed by atoms with Crippen LogP contribution >= 0.6 is 0 Å². The smallest absolute Gasteiger partial charge is 0.363 e. The molecule has 0 fully saturated rings. The lowest BCUT2D eigenvalue weighted by atomic mass is 10.4. The Bertz CT molecular complexity index is 526. The molecule has 0 atom stereocenters. The number of nitriles is 1. The van der Waals surface area contributed by atoms with E-state index < -0.39 is 28.2 Å². The molecule has 0 aliphatic carbocycles. The Morgan fingerprint density at radius 2 is 2.32 bits per heavy atom. The molecule has 0 radical (unpaired) electrons. The van der Waals surface area contributed by atoms with Crippen molar-refractivity contribution in [3.8, 4) is 6.07 Å². The molecule has 0 aliphatic heterocycles. The Kier molecular flexibility index (Phi) is 4.53. The molecular formula is C9H9N5O5. The van der Waals surface area contributed by atoms with Gasteiger partial charge >= 0.3 is 11.7 Å². The first kappa shape index (κ1) is 14.1. The lowest BCUT2D eigenvalue weighted by Gasteiger charge is -2.01. The first-order valence-electron chi connectivity index (χ1n) is 5.04. The minimum Gasteiger partial charge on any atom is -0.476 e. The second kappa shape index (κ2) is 6.10. The number of hydrogen-bond acceptors (Lipinski definition) is 6. The standard InChI is InChI=1S/C9H9N5O5/c10-2-1-3-11-7(15)5-13-4-6(14(18)19)8(12-13)9(16)17/h4H,1,3,5H2,(H,11,15)(H,16,17). The Morgan fingerprint density at radius 3 is 2.79 bits per heavy atom. The number of carboxylic acid groups (broad SMARTS) is 1. The molecule has 0 aromatic carbocycles. The van der Waals surface area contributed by atoms with E-state index in [2.05, 4.69) is 10.4 Å². The van der Waals surface area contributed by atoms with Gasteiger partial charge in [0.05, 0.1) is 17.4 Å². The number of aromatic carboxylic acids is 1. The Balaban J connectivity index is 2.77. The molecule has 19 heavy (non-hydrogen) atoms. The van der Waals surface area contributed by atoms with Gasteiger partial charge in [-0.25, -0.2) is 4.79 Å². The first-order valence-corrected chi connectivity index (χ1v) is 5.04. The number of aromatic nitrogens is 2. The highest BCUT2D eigenvalue weighted by molar-refractivity contribution is 5.90. The maximum atomic E-state index is 11.3. The van der Waals surface area contributed by atoms with Gasteiger partial charge in [-0.3, -0.25) is 19.6 Å². The van der Waals surface area contributed by atoms with E-state index in [9.17, 15) is 19.7 Å².